The summed E-state index contributed by atoms with van der Waals surface area (Å²) in [7, 11) is 0. The van der Waals surface area contributed by atoms with E-state index in [0.717, 1.165) is 5.92 Å². The van der Waals surface area contributed by atoms with Crippen molar-refractivity contribution in [3.63, 3.8) is 0 Å². The van der Waals surface area contributed by atoms with Crippen LogP contribution in [0.5, 0.6) is 0 Å². The minimum Gasteiger partial charge on any atom is -0.271 e. The fourth-order valence-electron chi connectivity index (χ4n) is 2.95. The lowest BCUT2D eigenvalue weighted by molar-refractivity contribution is 0.358. The summed E-state index contributed by atoms with van der Waals surface area (Å²) in [5.41, 5.74) is 4.33. The van der Waals surface area contributed by atoms with Gasteiger partial charge in [-0.05, 0) is 30.2 Å². The first-order valence-electron chi connectivity index (χ1n) is 6.36. The summed E-state index contributed by atoms with van der Waals surface area (Å²) >= 11 is 0. The molecule has 0 bridgehead atoms. The highest BCUT2D eigenvalue weighted by Gasteiger charge is 2.30. The van der Waals surface area contributed by atoms with Crippen LogP contribution in [0.3, 0.4) is 0 Å². The largest absolute Gasteiger partial charge is 0.271 e. The van der Waals surface area contributed by atoms with Crippen LogP contribution in [0, 0.1) is 11.8 Å². The maximum Gasteiger partial charge on any atom is 0.0488 e. The van der Waals surface area contributed by atoms with E-state index in [1.54, 1.807) is 0 Å². The van der Waals surface area contributed by atoms with Crippen LogP contribution < -0.4 is 11.3 Å². The topological polar surface area (TPSA) is 38.0 Å². The van der Waals surface area contributed by atoms with Crippen molar-refractivity contribution in [1.29, 1.82) is 0 Å². The number of benzene rings is 1. The van der Waals surface area contributed by atoms with Gasteiger partial charge in [0.1, 0.15) is 0 Å². The van der Waals surface area contributed by atoms with E-state index < -0.39 is 0 Å². The van der Waals surface area contributed by atoms with Gasteiger partial charge in [0.15, 0.2) is 0 Å². The lowest BCUT2D eigenvalue weighted by atomic mass is 9.91. The molecule has 0 saturated heterocycles. The molecule has 0 amide bonds. The summed E-state index contributed by atoms with van der Waals surface area (Å²) in [5, 5.41) is 0. The molecule has 1 fully saturated rings. The van der Waals surface area contributed by atoms with Crippen LogP contribution in [0.1, 0.15) is 44.2 Å². The minimum absolute atomic E-state index is 0.331. The van der Waals surface area contributed by atoms with Crippen LogP contribution in [-0.2, 0) is 0 Å². The van der Waals surface area contributed by atoms with Gasteiger partial charge in [-0.2, -0.15) is 0 Å². The van der Waals surface area contributed by atoms with Gasteiger partial charge in [0.25, 0.3) is 0 Å². The van der Waals surface area contributed by atoms with Gasteiger partial charge in [0, 0.05) is 6.04 Å². The SMILES string of the molecule is CCC1CCC(C(NN)c2ccccc2)C1. The molecule has 1 saturated carbocycles. The van der Waals surface area contributed by atoms with Crippen molar-refractivity contribution in [3.05, 3.63) is 35.9 Å². The molecule has 0 heterocycles. The van der Waals surface area contributed by atoms with Crippen LogP contribution in [-0.4, -0.2) is 0 Å². The number of nitrogens with two attached hydrogens (primary N) is 1. The molecule has 88 valence electrons. The molecule has 3 unspecified atom stereocenters. The molecule has 1 aromatic rings. The second kappa shape index (κ2) is 5.46. The van der Waals surface area contributed by atoms with Crippen molar-refractivity contribution in [1.82, 2.24) is 5.43 Å². The maximum absolute atomic E-state index is 5.72. The predicted octanol–water partition coefficient (Wildman–Crippen LogP) is 3.02. The van der Waals surface area contributed by atoms with Gasteiger partial charge < -0.3 is 0 Å². The molecule has 3 atom stereocenters. The molecule has 1 aliphatic carbocycles. The fraction of sp³-hybridized carbons (Fsp3) is 0.571. The van der Waals surface area contributed by atoms with Crippen molar-refractivity contribution in [2.24, 2.45) is 17.7 Å². The Labute approximate surface area is 98.2 Å². The summed E-state index contributed by atoms with van der Waals surface area (Å²) in [6.45, 7) is 2.29. The van der Waals surface area contributed by atoms with Gasteiger partial charge >= 0.3 is 0 Å². The third-order valence-corrected chi connectivity index (χ3v) is 3.97. The first-order chi connectivity index (χ1) is 7.85. The number of hydrogen-bond acceptors (Lipinski definition) is 2. The van der Waals surface area contributed by atoms with Crippen molar-refractivity contribution in [2.75, 3.05) is 0 Å². The molecule has 0 aliphatic heterocycles. The van der Waals surface area contributed by atoms with Gasteiger partial charge in [-0.1, -0.05) is 50.1 Å². The van der Waals surface area contributed by atoms with Gasteiger partial charge in [-0.3, -0.25) is 11.3 Å². The van der Waals surface area contributed by atoms with Crippen LogP contribution >= 0.6 is 0 Å². The molecule has 1 aliphatic rings. The van der Waals surface area contributed by atoms with Gasteiger partial charge in [0.05, 0.1) is 0 Å². The van der Waals surface area contributed by atoms with E-state index in [1.807, 2.05) is 0 Å². The summed E-state index contributed by atoms with van der Waals surface area (Å²) in [5.74, 6) is 7.33. The van der Waals surface area contributed by atoms with Crippen molar-refractivity contribution in [3.8, 4) is 0 Å². The Morgan fingerprint density at radius 3 is 2.62 bits per heavy atom. The maximum atomic E-state index is 5.72. The molecule has 16 heavy (non-hydrogen) atoms. The summed E-state index contributed by atoms with van der Waals surface area (Å²) in [6.07, 6.45) is 5.30. The molecule has 3 N–H and O–H groups in total. The Hall–Kier alpha value is -0.860. The van der Waals surface area contributed by atoms with Crippen LogP contribution in [0.2, 0.25) is 0 Å². The third-order valence-electron chi connectivity index (χ3n) is 3.97. The van der Waals surface area contributed by atoms with E-state index in [4.69, 9.17) is 5.84 Å². The van der Waals surface area contributed by atoms with Crippen molar-refractivity contribution >= 4 is 0 Å². The Kier molecular flexibility index (Phi) is 3.97. The normalized spacial score (nSPS) is 26.9. The zero-order valence-electron chi connectivity index (χ0n) is 10.0. The summed E-state index contributed by atoms with van der Waals surface area (Å²) < 4.78 is 0. The Balaban J connectivity index is 2.06. The molecule has 0 aromatic heterocycles. The zero-order chi connectivity index (χ0) is 11.4. The molecule has 2 nitrogen and oxygen atoms in total. The van der Waals surface area contributed by atoms with Crippen molar-refractivity contribution < 1.29 is 0 Å². The standard InChI is InChI=1S/C14H22N2/c1-2-11-8-9-13(10-11)14(16-15)12-6-4-3-5-7-12/h3-7,11,13-14,16H,2,8-10,15H2,1H3. The zero-order valence-corrected chi connectivity index (χ0v) is 10.0. The fourth-order valence-corrected chi connectivity index (χ4v) is 2.95. The molecule has 0 spiro atoms. The van der Waals surface area contributed by atoms with Gasteiger partial charge in [-0.15, -0.1) is 0 Å². The monoisotopic (exact) mass is 218 g/mol. The Morgan fingerprint density at radius 1 is 1.31 bits per heavy atom. The summed E-state index contributed by atoms with van der Waals surface area (Å²) in [6, 6.07) is 10.9. The van der Waals surface area contributed by atoms with E-state index in [-0.39, 0.29) is 0 Å². The van der Waals surface area contributed by atoms with Crippen molar-refractivity contribution in [2.45, 2.75) is 38.6 Å². The quantitative estimate of drug-likeness (QED) is 0.602. The second-order valence-corrected chi connectivity index (χ2v) is 4.90. The Morgan fingerprint density at radius 2 is 2.06 bits per heavy atom. The van der Waals surface area contributed by atoms with Gasteiger partial charge in [0.2, 0.25) is 0 Å². The smallest absolute Gasteiger partial charge is 0.0488 e. The van der Waals surface area contributed by atoms with Crippen LogP contribution in [0.25, 0.3) is 0 Å². The minimum atomic E-state index is 0.331. The number of rotatable bonds is 4. The highest BCUT2D eigenvalue weighted by Crippen LogP contribution is 2.39. The number of nitrogens with one attached hydrogen (secondary N) is 1. The van der Waals surface area contributed by atoms with Crippen LogP contribution in [0.4, 0.5) is 0 Å². The lowest BCUT2D eigenvalue weighted by Gasteiger charge is -2.23. The average molecular weight is 218 g/mol. The van der Waals surface area contributed by atoms with E-state index in [2.05, 4.69) is 42.7 Å². The molecule has 2 rings (SSSR count). The first-order valence-corrected chi connectivity index (χ1v) is 6.36. The molecular formula is C14H22N2. The Bertz CT molecular complexity index is 310. The molecule has 1 aromatic carbocycles. The van der Waals surface area contributed by atoms with Gasteiger partial charge in [-0.25, -0.2) is 0 Å². The average Bonchev–Trinajstić information content (AvgIpc) is 2.80. The highest BCUT2D eigenvalue weighted by atomic mass is 15.2. The molecule has 0 radical (unpaired) electrons. The number of hydrazine groups is 1. The molecular weight excluding hydrogens is 196 g/mol. The van der Waals surface area contributed by atoms with E-state index in [9.17, 15) is 0 Å². The third kappa shape index (κ3) is 2.45. The van der Waals surface area contributed by atoms with E-state index in [0.29, 0.717) is 12.0 Å². The highest BCUT2D eigenvalue weighted by molar-refractivity contribution is 5.19. The first kappa shape index (κ1) is 11.6. The summed E-state index contributed by atoms with van der Waals surface area (Å²) in [4.78, 5) is 0. The second-order valence-electron chi connectivity index (χ2n) is 4.90. The number of hydrogen-bond donors (Lipinski definition) is 2. The lowest BCUT2D eigenvalue weighted by Crippen LogP contribution is -2.32. The van der Waals surface area contributed by atoms with E-state index >= 15 is 0 Å². The molecule has 2 heteroatoms. The van der Waals surface area contributed by atoms with Crippen LogP contribution in [0.15, 0.2) is 30.3 Å². The predicted molar refractivity (Wildman–Crippen MR) is 67.6 cm³/mol. The van der Waals surface area contributed by atoms with E-state index in [1.165, 1.54) is 31.2 Å².